The third-order valence-electron chi connectivity index (χ3n) is 3.18. The van der Waals surface area contributed by atoms with Crippen LogP contribution in [0.4, 0.5) is 0 Å². The maximum atomic E-state index is 11.0. The molecule has 18 heavy (non-hydrogen) atoms. The molecule has 93 valence electrons. The van der Waals surface area contributed by atoms with Gasteiger partial charge in [-0.3, -0.25) is 0 Å². The number of pyridine rings is 1. The third-order valence-corrected chi connectivity index (χ3v) is 6.81. The van der Waals surface area contributed by atoms with Crippen LogP contribution in [-0.4, -0.2) is 33.3 Å². The van der Waals surface area contributed by atoms with Crippen molar-refractivity contribution in [2.45, 2.75) is 23.5 Å². The van der Waals surface area contributed by atoms with Crippen LogP contribution in [0.3, 0.4) is 0 Å². The Morgan fingerprint density at radius 2 is 2.28 bits per heavy atom. The summed E-state index contributed by atoms with van der Waals surface area (Å²) in [5, 5.41) is 0.536. The van der Waals surface area contributed by atoms with Gasteiger partial charge in [0.25, 0.3) is 0 Å². The molecule has 0 N–H and O–H groups in total. The van der Waals surface area contributed by atoms with Gasteiger partial charge in [0.15, 0.2) is 0 Å². The predicted molar refractivity (Wildman–Crippen MR) is 69.7 cm³/mol. The van der Waals surface area contributed by atoms with Crippen LogP contribution in [0.1, 0.15) is 18.4 Å². The molecular weight excluding hydrogens is 313 g/mol. The van der Waals surface area contributed by atoms with Gasteiger partial charge < -0.3 is 0 Å². The Labute approximate surface area is 117 Å². The van der Waals surface area contributed by atoms with Gasteiger partial charge in [-0.25, -0.2) is 0 Å². The molecule has 0 atom stereocenters. The van der Waals surface area contributed by atoms with Gasteiger partial charge in [-0.15, -0.1) is 0 Å². The molecule has 5 heteroatoms. The van der Waals surface area contributed by atoms with Crippen molar-refractivity contribution in [2.75, 3.05) is 6.61 Å². The molecular formula is C13H12AsClNO2. The Kier molecular flexibility index (Phi) is 3.21. The number of aromatic nitrogens is 1. The van der Waals surface area contributed by atoms with Crippen molar-refractivity contribution >= 4 is 33.3 Å². The van der Waals surface area contributed by atoms with Crippen molar-refractivity contribution in [3.05, 3.63) is 39.5 Å². The second-order valence-electron chi connectivity index (χ2n) is 4.75. The summed E-state index contributed by atoms with van der Waals surface area (Å²) < 4.78 is 6.59. The zero-order valence-corrected chi connectivity index (χ0v) is 12.4. The third kappa shape index (κ3) is 2.78. The van der Waals surface area contributed by atoms with Crippen LogP contribution >= 0.6 is 11.6 Å². The van der Waals surface area contributed by atoms with Crippen molar-refractivity contribution < 1.29 is 9.53 Å². The fraction of sp³-hybridized carbons (Fsp3) is 0.385. The predicted octanol–water partition coefficient (Wildman–Crippen LogP) is 2.37. The van der Waals surface area contributed by atoms with Gasteiger partial charge >= 0.3 is 117 Å². The Morgan fingerprint density at radius 3 is 2.83 bits per heavy atom. The molecule has 0 amide bonds. The zero-order chi connectivity index (χ0) is 12.6. The van der Waals surface area contributed by atoms with Gasteiger partial charge in [-0.1, -0.05) is 0 Å². The van der Waals surface area contributed by atoms with Gasteiger partial charge in [0.1, 0.15) is 0 Å². The number of rotatable bonds is 4. The van der Waals surface area contributed by atoms with E-state index in [1.54, 1.807) is 6.08 Å². The number of nitrogens with zero attached hydrogens (tertiary/aromatic N) is 1. The van der Waals surface area contributed by atoms with Crippen LogP contribution in [0.15, 0.2) is 28.8 Å². The molecule has 3 rings (SSSR count). The zero-order valence-electron chi connectivity index (χ0n) is 9.73. The summed E-state index contributed by atoms with van der Waals surface area (Å²) in [4.78, 5) is 15.2. The number of halogens is 1. The molecule has 0 saturated heterocycles. The van der Waals surface area contributed by atoms with Crippen LogP contribution in [0.5, 0.6) is 0 Å². The first kappa shape index (κ1) is 12.3. The number of hydrogen-bond acceptors (Lipinski definition) is 3. The summed E-state index contributed by atoms with van der Waals surface area (Å²) in [6.07, 6.45) is 7.08. The summed E-state index contributed by atoms with van der Waals surface area (Å²) in [6.45, 7) is 0.513. The SMILES string of the molecule is O=C1C=C([As]C2(Cc3ccc(Cl)nc3)CC2)CO1. The summed E-state index contributed by atoms with van der Waals surface area (Å²) in [5.41, 5.74) is 1.23. The van der Waals surface area contributed by atoms with E-state index in [-0.39, 0.29) is 21.7 Å². The van der Waals surface area contributed by atoms with Gasteiger partial charge in [0.05, 0.1) is 0 Å². The number of esters is 1. The van der Waals surface area contributed by atoms with Gasteiger partial charge in [0.2, 0.25) is 0 Å². The second kappa shape index (κ2) is 4.71. The van der Waals surface area contributed by atoms with Crippen LogP contribution in [0, 0.1) is 0 Å². The molecule has 0 spiro atoms. The molecule has 1 aliphatic carbocycles. The molecule has 1 saturated carbocycles. The molecule has 3 nitrogen and oxygen atoms in total. The molecule has 0 unspecified atom stereocenters. The molecule has 0 bridgehead atoms. The van der Waals surface area contributed by atoms with Crippen molar-refractivity contribution in [3.8, 4) is 0 Å². The summed E-state index contributed by atoms with van der Waals surface area (Å²) >= 11 is 5.82. The van der Waals surface area contributed by atoms with Crippen LogP contribution in [0.25, 0.3) is 0 Å². The van der Waals surface area contributed by atoms with Crippen molar-refractivity contribution in [2.24, 2.45) is 0 Å². The van der Waals surface area contributed by atoms with Gasteiger partial charge in [0, 0.05) is 0 Å². The van der Waals surface area contributed by atoms with E-state index in [9.17, 15) is 4.79 Å². The standard InChI is InChI=1S/C13H12AsClNO2/c15-11-2-1-9(7-16-11)6-13(3-4-13)14-10-5-12(17)18-8-10/h1-2,5,7H,3-4,6,8H2. The van der Waals surface area contributed by atoms with E-state index < -0.39 is 0 Å². The van der Waals surface area contributed by atoms with E-state index in [1.165, 1.54) is 22.8 Å². The van der Waals surface area contributed by atoms with E-state index >= 15 is 0 Å². The number of carbonyl (C=O) groups excluding carboxylic acids is 1. The van der Waals surface area contributed by atoms with Crippen molar-refractivity contribution in [3.63, 3.8) is 0 Å². The Morgan fingerprint density at radius 1 is 1.44 bits per heavy atom. The molecule has 2 aliphatic rings. The first-order valence-electron chi connectivity index (χ1n) is 5.86. The normalized spacial score (nSPS) is 21.2. The van der Waals surface area contributed by atoms with E-state index in [0.29, 0.717) is 16.0 Å². The fourth-order valence-corrected chi connectivity index (χ4v) is 5.37. The van der Waals surface area contributed by atoms with Crippen LogP contribution in [0.2, 0.25) is 9.36 Å². The van der Waals surface area contributed by atoms with E-state index in [2.05, 4.69) is 4.98 Å². The number of carbonyl (C=O) groups is 1. The molecule has 0 aromatic carbocycles. The fourth-order valence-electron chi connectivity index (χ4n) is 2.10. The van der Waals surface area contributed by atoms with E-state index in [0.717, 1.165) is 6.42 Å². The average molecular weight is 325 g/mol. The topological polar surface area (TPSA) is 39.2 Å². The quantitative estimate of drug-likeness (QED) is 0.485. The van der Waals surface area contributed by atoms with Gasteiger partial charge in [-0.2, -0.15) is 0 Å². The van der Waals surface area contributed by atoms with Crippen molar-refractivity contribution in [1.82, 2.24) is 4.98 Å². The first-order chi connectivity index (χ1) is 8.65. The monoisotopic (exact) mass is 324 g/mol. The molecule has 1 fully saturated rings. The van der Waals surface area contributed by atoms with Crippen LogP contribution < -0.4 is 0 Å². The summed E-state index contributed by atoms with van der Waals surface area (Å²) in [5.74, 6) is -0.177. The number of hydrogen-bond donors (Lipinski definition) is 0. The molecule has 2 heterocycles. The van der Waals surface area contributed by atoms with Crippen molar-refractivity contribution in [1.29, 1.82) is 0 Å². The Bertz CT molecular complexity index is 508. The van der Waals surface area contributed by atoms with Gasteiger partial charge in [-0.05, 0) is 0 Å². The molecule has 1 radical (unpaired) electrons. The Balaban J connectivity index is 1.66. The minimum atomic E-state index is -0.177. The average Bonchev–Trinajstić information content (AvgIpc) is 2.97. The molecule has 1 aromatic heterocycles. The van der Waals surface area contributed by atoms with Crippen LogP contribution in [-0.2, 0) is 16.0 Å². The second-order valence-corrected chi connectivity index (χ2v) is 8.80. The Hall–Kier alpha value is -0.792. The first-order valence-corrected chi connectivity index (χ1v) is 8.11. The molecule has 1 aromatic rings. The number of ether oxygens (including phenoxy) is 1. The maximum absolute atomic E-state index is 11.0. The summed E-state index contributed by atoms with van der Waals surface area (Å²) in [7, 11) is 0. The van der Waals surface area contributed by atoms with E-state index in [4.69, 9.17) is 16.3 Å². The van der Waals surface area contributed by atoms with E-state index in [1.807, 2.05) is 18.3 Å². The summed E-state index contributed by atoms with van der Waals surface area (Å²) in [6, 6.07) is 3.88. The minimum absolute atomic E-state index is 0.0392. The molecule has 1 aliphatic heterocycles. The number of cyclic esters (lactones) is 1.